The molecule has 16 heavy (non-hydrogen) atoms. The summed E-state index contributed by atoms with van der Waals surface area (Å²) in [5.74, 6) is -2.99. The predicted octanol–water partition coefficient (Wildman–Crippen LogP) is 2.95. The van der Waals surface area contributed by atoms with Crippen LogP contribution >= 0.6 is 0 Å². The van der Waals surface area contributed by atoms with Gasteiger partial charge in [0, 0.05) is 6.04 Å². The van der Waals surface area contributed by atoms with Gasteiger partial charge in [-0.1, -0.05) is 39.0 Å². The van der Waals surface area contributed by atoms with Crippen molar-refractivity contribution in [3.8, 4) is 0 Å². The maximum atomic E-state index is 12.7. The third kappa shape index (κ3) is 9.04. The fourth-order valence-corrected chi connectivity index (χ4v) is 1.54. The fraction of sp³-hybridized carbons (Fsp3) is 1.00. The molecular weight excluding hydrogens is 212 g/mol. The van der Waals surface area contributed by atoms with E-state index < -0.39 is 19.1 Å². The van der Waals surface area contributed by atoms with E-state index in [1.807, 2.05) is 6.92 Å². The number of halogens is 2. The number of unbranched alkanes of at least 4 members (excludes halogenated alkanes) is 4. The molecule has 0 aliphatic heterocycles. The van der Waals surface area contributed by atoms with Crippen molar-refractivity contribution in [2.24, 2.45) is 0 Å². The van der Waals surface area contributed by atoms with Crippen LogP contribution in [0, 0.1) is 0 Å². The zero-order chi connectivity index (χ0) is 12.4. The summed E-state index contributed by atoms with van der Waals surface area (Å²) < 4.78 is 25.4. The van der Waals surface area contributed by atoms with Gasteiger partial charge in [0.1, 0.15) is 6.61 Å². The SMILES string of the molecule is CCCCCCCC(C)NCC(F)(F)CO. The molecule has 0 amide bonds. The Morgan fingerprint density at radius 1 is 1.19 bits per heavy atom. The molecule has 1 atom stereocenters. The standard InChI is InChI=1S/C12H25F2NO/c1-3-4-5-6-7-8-11(2)15-9-12(13,14)10-16/h11,15-16H,3-10H2,1-2H3. The minimum absolute atomic E-state index is 0.0963. The van der Waals surface area contributed by atoms with Crippen molar-refractivity contribution in [2.75, 3.05) is 13.2 Å². The number of rotatable bonds is 10. The Morgan fingerprint density at radius 2 is 1.81 bits per heavy atom. The molecule has 0 spiro atoms. The fourth-order valence-electron chi connectivity index (χ4n) is 1.54. The first-order valence-electron chi connectivity index (χ1n) is 6.24. The Balaban J connectivity index is 3.41. The molecule has 1 unspecified atom stereocenters. The zero-order valence-corrected chi connectivity index (χ0v) is 10.4. The molecule has 0 bridgehead atoms. The average molecular weight is 237 g/mol. The first kappa shape index (κ1) is 15.8. The molecule has 0 saturated heterocycles. The van der Waals surface area contributed by atoms with Crippen LogP contribution in [-0.4, -0.2) is 30.2 Å². The Hall–Kier alpha value is -0.220. The molecule has 0 saturated carbocycles. The molecular formula is C12H25F2NO. The molecule has 2 N–H and O–H groups in total. The molecule has 0 radical (unpaired) electrons. The summed E-state index contributed by atoms with van der Waals surface area (Å²) in [4.78, 5) is 0. The number of hydrogen-bond acceptors (Lipinski definition) is 2. The summed E-state index contributed by atoms with van der Waals surface area (Å²) in [5.41, 5.74) is 0. The summed E-state index contributed by atoms with van der Waals surface area (Å²) in [5, 5.41) is 11.1. The van der Waals surface area contributed by atoms with E-state index in [-0.39, 0.29) is 6.04 Å². The quantitative estimate of drug-likeness (QED) is 0.573. The van der Waals surface area contributed by atoms with Gasteiger partial charge in [-0.25, -0.2) is 8.78 Å². The topological polar surface area (TPSA) is 32.3 Å². The van der Waals surface area contributed by atoms with Crippen molar-refractivity contribution in [1.82, 2.24) is 5.32 Å². The van der Waals surface area contributed by atoms with E-state index in [9.17, 15) is 8.78 Å². The second-order valence-corrected chi connectivity index (χ2v) is 4.50. The summed E-state index contributed by atoms with van der Waals surface area (Å²) in [6.45, 7) is 2.57. The Morgan fingerprint density at radius 3 is 2.38 bits per heavy atom. The Bertz CT molecular complexity index is 165. The molecule has 0 heterocycles. The summed E-state index contributed by atoms with van der Waals surface area (Å²) in [6.07, 6.45) is 6.89. The van der Waals surface area contributed by atoms with Crippen LogP contribution in [0.15, 0.2) is 0 Å². The van der Waals surface area contributed by atoms with E-state index in [1.54, 1.807) is 0 Å². The average Bonchev–Trinajstić information content (AvgIpc) is 2.26. The molecule has 0 aromatic carbocycles. The van der Waals surface area contributed by atoms with Crippen LogP contribution in [0.1, 0.15) is 52.4 Å². The smallest absolute Gasteiger partial charge is 0.282 e. The highest BCUT2D eigenvalue weighted by molar-refractivity contribution is 4.71. The lowest BCUT2D eigenvalue weighted by atomic mass is 10.1. The molecule has 0 rings (SSSR count). The summed E-state index contributed by atoms with van der Waals surface area (Å²) in [7, 11) is 0. The lowest BCUT2D eigenvalue weighted by Crippen LogP contribution is -2.40. The minimum Gasteiger partial charge on any atom is -0.390 e. The van der Waals surface area contributed by atoms with Crippen LogP contribution < -0.4 is 5.32 Å². The van der Waals surface area contributed by atoms with Gasteiger partial charge in [-0.15, -0.1) is 0 Å². The van der Waals surface area contributed by atoms with Crippen LogP contribution in [0.25, 0.3) is 0 Å². The second-order valence-electron chi connectivity index (χ2n) is 4.50. The zero-order valence-electron chi connectivity index (χ0n) is 10.4. The van der Waals surface area contributed by atoms with E-state index >= 15 is 0 Å². The van der Waals surface area contributed by atoms with E-state index in [1.165, 1.54) is 25.7 Å². The number of hydrogen-bond donors (Lipinski definition) is 2. The van der Waals surface area contributed by atoms with E-state index in [2.05, 4.69) is 12.2 Å². The van der Waals surface area contributed by atoms with E-state index in [4.69, 9.17) is 5.11 Å². The van der Waals surface area contributed by atoms with Crippen molar-refractivity contribution >= 4 is 0 Å². The molecule has 0 aliphatic carbocycles. The summed E-state index contributed by atoms with van der Waals surface area (Å²) in [6, 6.07) is 0.0963. The van der Waals surface area contributed by atoms with Crippen LogP contribution in [0.4, 0.5) is 8.78 Å². The minimum atomic E-state index is -2.99. The van der Waals surface area contributed by atoms with Gasteiger partial charge in [-0.2, -0.15) is 0 Å². The predicted molar refractivity (Wildman–Crippen MR) is 62.9 cm³/mol. The van der Waals surface area contributed by atoms with Gasteiger partial charge in [0.05, 0.1) is 6.54 Å². The van der Waals surface area contributed by atoms with Crippen LogP contribution in [0.5, 0.6) is 0 Å². The first-order valence-corrected chi connectivity index (χ1v) is 6.24. The van der Waals surface area contributed by atoms with Gasteiger partial charge in [0.15, 0.2) is 0 Å². The lowest BCUT2D eigenvalue weighted by molar-refractivity contribution is -0.0491. The molecule has 4 heteroatoms. The molecule has 0 fully saturated rings. The number of alkyl halides is 2. The molecule has 0 aromatic heterocycles. The summed E-state index contributed by atoms with van der Waals surface area (Å²) >= 11 is 0. The van der Waals surface area contributed by atoms with Crippen molar-refractivity contribution in [2.45, 2.75) is 64.3 Å². The van der Waals surface area contributed by atoms with Gasteiger partial charge < -0.3 is 10.4 Å². The van der Waals surface area contributed by atoms with Gasteiger partial charge in [-0.3, -0.25) is 0 Å². The Kier molecular flexibility index (Phi) is 8.76. The highest BCUT2D eigenvalue weighted by Gasteiger charge is 2.27. The molecule has 0 aromatic rings. The van der Waals surface area contributed by atoms with Gasteiger partial charge >= 0.3 is 0 Å². The van der Waals surface area contributed by atoms with Crippen LogP contribution in [-0.2, 0) is 0 Å². The lowest BCUT2D eigenvalue weighted by Gasteiger charge is -2.18. The monoisotopic (exact) mass is 237 g/mol. The number of aliphatic hydroxyl groups is 1. The third-order valence-corrected chi connectivity index (χ3v) is 2.68. The highest BCUT2D eigenvalue weighted by atomic mass is 19.3. The van der Waals surface area contributed by atoms with Crippen LogP contribution in [0.2, 0.25) is 0 Å². The van der Waals surface area contributed by atoms with Crippen LogP contribution in [0.3, 0.4) is 0 Å². The maximum absolute atomic E-state index is 12.7. The molecule has 2 nitrogen and oxygen atoms in total. The van der Waals surface area contributed by atoms with Gasteiger partial charge in [0.2, 0.25) is 0 Å². The van der Waals surface area contributed by atoms with E-state index in [0.717, 1.165) is 12.8 Å². The van der Waals surface area contributed by atoms with Crippen molar-refractivity contribution in [3.63, 3.8) is 0 Å². The molecule has 98 valence electrons. The van der Waals surface area contributed by atoms with Gasteiger partial charge in [0.25, 0.3) is 5.92 Å². The van der Waals surface area contributed by atoms with Crippen molar-refractivity contribution in [3.05, 3.63) is 0 Å². The largest absolute Gasteiger partial charge is 0.390 e. The highest BCUT2D eigenvalue weighted by Crippen LogP contribution is 2.12. The number of nitrogens with one attached hydrogen (secondary N) is 1. The normalized spacial score (nSPS) is 14.1. The Labute approximate surface area is 97.4 Å². The molecule has 0 aliphatic rings. The first-order chi connectivity index (χ1) is 7.52. The number of aliphatic hydroxyl groups excluding tert-OH is 1. The maximum Gasteiger partial charge on any atom is 0.282 e. The van der Waals surface area contributed by atoms with E-state index in [0.29, 0.717) is 0 Å². The second kappa shape index (κ2) is 8.88. The van der Waals surface area contributed by atoms with Gasteiger partial charge in [-0.05, 0) is 13.3 Å². The van der Waals surface area contributed by atoms with Crippen molar-refractivity contribution < 1.29 is 13.9 Å². The van der Waals surface area contributed by atoms with Crippen molar-refractivity contribution in [1.29, 1.82) is 0 Å². The third-order valence-electron chi connectivity index (χ3n) is 2.68.